The summed E-state index contributed by atoms with van der Waals surface area (Å²) in [6, 6.07) is 9.51. The van der Waals surface area contributed by atoms with E-state index in [9.17, 15) is 5.11 Å². The van der Waals surface area contributed by atoms with E-state index in [1.807, 2.05) is 0 Å². The smallest absolute Gasteiger partial charge is 0.194 e. The fourth-order valence-electron chi connectivity index (χ4n) is 4.75. The third-order valence-corrected chi connectivity index (χ3v) is 6.71. The average Bonchev–Trinajstić information content (AvgIpc) is 3.28. The molecule has 2 aliphatic heterocycles. The van der Waals surface area contributed by atoms with Gasteiger partial charge in [0.25, 0.3) is 0 Å². The lowest BCUT2D eigenvalue weighted by Crippen LogP contribution is -2.43. The third kappa shape index (κ3) is 5.88. The predicted molar refractivity (Wildman–Crippen MR) is 126 cm³/mol. The molecule has 2 N–H and O–H groups in total. The van der Waals surface area contributed by atoms with Crippen LogP contribution < -0.4 is 10.2 Å². The van der Waals surface area contributed by atoms with Gasteiger partial charge in [0.1, 0.15) is 0 Å². The summed E-state index contributed by atoms with van der Waals surface area (Å²) in [6.07, 6.45) is 3.38. The number of anilines is 1. The number of piperidine rings is 1. The number of aliphatic imine (C=N–C) groups is 1. The minimum atomic E-state index is 0.325. The Hall–Kier alpha value is -1.79. The zero-order valence-corrected chi connectivity index (χ0v) is 19.2. The van der Waals surface area contributed by atoms with E-state index in [4.69, 9.17) is 4.99 Å². The normalized spacial score (nSPS) is 21.0. The molecule has 2 aliphatic rings. The number of aliphatic hydroxyl groups excluding tert-OH is 1. The van der Waals surface area contributed by atoms with Gasteiger partial charge in [-0.25, -0.2) is 4.99 Å². The minimum Gasteiger partial charge on any atom is -0.396 e. The highest BCUT2D eigenvalue weighted by Gasteiger charge is 2.28. The van der Waals surface area contributed by atoms with E-state index in [2.05, 4.69) is 65.1 Å². The molecule has 2 saturated heterocycles. The Labute approximate surface area is 183 Å². The van der Waals surface area contributed by atoms with Crippen molar-refractivity contribution in [2.75, 3.05) is 57.3 Å². The van der Waals surface area contributed by atoms with Crippen molar-refractivity contribution in [3.8, 4) is 0 Å². The Morgan fingerprint density at radius 3 is 2.37 bits per heavy atom. The monoisotopic (exact) mass is 415 g/mol. The van der Waals surface area contributed by atoms with Crippen molar-refractivity contribution >= 4 is 11.6 Å². The fraction of sp³-hybridized carbons (Fsp3) is 0.708. The Balaban J connectivity index is 1.57. The highest BCUT2D eigenvalue weighted by atomic mass is 16.3. The number of nitrogens with zero attached hydrogens (tertiary/aromatic N) is 4. The molecule has 2 heterocycles. The first kappa shape index (κ1) is 22.9. The molecule has 0 saturated carbocycles. The van der Waals surface area contributed by atoms with Gasteiger partial charge in [-0.15, -0.1) is 0 Å². The van der Waals surface area contributed by atoms with Crippen molar-refractivity contribution in [3.63, 3.8) is 0 Å². The number of benzene rings is 1. The SMILES string of the molecule is CCNC(=NCc1ccc(N2CCC(CO)CC2)cc1)N1CCC(N(CC)CC)C1. The Bertz CT molecular complexity index is 650. The molecule has 30 heavy (non-hydrogen) atoms. The maximum absolute atomic E-state index is 9.33. The molecule has 2 fully saturated rings. The summed E-state index contributed by atoms with van der Waals surface area (Å²) in [4.78, 5) is 12.4. The fourth-order valence-corrected chi connectivity index (χ4v) is 4.75. The van der Waals surface area contributed by atoms with Gasteiger partial charge in [0.05, 0.1) is 6.54 Å². The zero-order valence-electron chi connectivity index (χ0n) is 19.2. The molecular weight excluding hydrogens is 374 g/mol. The quantitative estimate of drug-likeness (QED) is 0.505. The van der Waals surface area contributed by atoms with Crippen LogP contribution in [0.25, 0.3) is 0 Å². The summed E-state index contributed by atoms with van der Waals surface area (Å²) in [5, 5.41) is 12.8. The number of guanidine groups is 1. The van der Waals surface area contributed by atoms with E-state index >= 15 is 0 Å². The van der Waals surface area contributed by atoms with Crippen molar-refractivity contribution < 1.29 is 5.11 Å². The van der Waals surface area contributed by atoms with Crippen LogP contribution in [0.1, 0.15) is 45.6 Å². The van der Waals surface area contributed by atoms with Gasteiger partial charge in [-0.2, -0.15) is 0 Å². The Kier molecular flexibility index (Phi) is 8.82. The summed E-state index contributed by atoms with van der Waals surface area (Å²) < 4.78 is 0. The lowest BCUT2D eigenvalue weighted by atomic mass is 9.97. The van der Waals surface area contributed by atoms with Gasteiger partial charge in [0, 0.05) is 51.1 Å². The van der Waals surface area contributed by atoms with Crippen molar-refractivity contribution in [3.05, 3.63) is 29.8 Å². The standard InChI is InChI=1S/C24H41N5O/c1-4-25-24(29-16-13-23(18-29)27(5-2)6-3)26-17-20-7-9-22(10-8-20)28-14-11-21(19-30)12-15-28/h7-10,21,23,30H,4-6,11-19H2,1-3H3,(H,25,26). The first-order valence-corrected chi connectivity index (χ1v) is 11.9. The molecule has 3 rings (SSSR count). The van der Waals surface area contributed by atoms with Crippen molar-refractivity contribution in [2.24, 2.45) is 10.9 Å². The van der Waals surface area contributed by atoms with Crippen LogP contribution in [0.2, 0.25) is 0 Å². The van der Waals surface area contributed by atoms with Gasteiger partial charge in [-0.05, 0) is 62.9 Å². The minimum absolute atomic E-state index is 0.325. The summed E-state index contributed by atoms with van der Waals surface area (Å²) in [6.45, 7) is 15.0. The number of likely N-dealkylation sites (N-methyl/N-ethyl adjacent to an activating group) is 1. The van der Waals surface area contributed by atoms with Crippen LogP contribution in [0.3, 0.4) is 0 Å². The molecule has 0 aliphatic carbocycles. The number of hydrogen-bond acceptors (Lipinski definition) is 4. The van der Waals surface area contributed by atoms with E-state index in [1.165, 1.54) is 17.7 Å². The molecule has 1 aromatic carbocycles. The van der Waals surface area contributed by atoms with Gasteiger partial charge in [-0.1, -0.05) is 26.0 Å². The highest BCUT2D eigenvalue weighted by molar-refractivity contribution is 5.80. The van der Waals surface area contributed by atoms with Crippen molar-refractivity contribution in [1.82, 2.24) is 15.1 Å². The van der Waals surface area contributed by atoms with Crippen LogP contribution in [-0.4, -0.2) is 79.3 Å². The summed E-state index contributed by atoms with van der Waals surface area (Å²) in [5.41, 5.74) is 2.53. The number of nitrogens with one attached hydrogen (secondary N) is 1. The molecule has 6 heteroatoms. The van der Waals surface area contributed by atoms with Gasteiger partial charge in [0.2, 0.25) is 0 Å². The number of aliphatic hydroxyl groups is 1. The second-order valence-electron chi connectivity index (χ2n) is 8.56. The molecule has 6 nitrogen and oxygen atoms in total. The van der Waals surface area contributed by atoms with E-state index < -0.39 is 0 Å². The lowest BCUT2D eigenvalue weighted by molar-refractivity contribution is 0.203. The van der Waals surface area contributed by atoms with Gasteiger partial charge < -0.3 is 20.2 Å². The van der Waals surface area contributed by atoms with Crippen molar-refractivity contribution in [2.45, 2.75) is 52.6 Å². The van der Waals surface area contributed by atoms with Crippen molar-refractivity contribution in [1.29, 1.82) is 0 Å². The second kappa shape index (κ2) is 11.6. The molecule has 168 valence electrons. The average molecular weight is 416 g/mol. The summed E-state index contributed by atoms with van der Waals surface area (Å²) in [5.74, 6) is 1.52. The van der Waals surface area contributed by atoms with Gasteiger partial charge in [0.15, 0.2) is 5.96 Å². The molecule has 1 unspecified atom stereocenters. The van der Waals surface area contributed by atoms with Crippen LogP contribution in [0.15, 0.2) is 29.3 Å². The van der Waals surface area contributed by atoms with Crippen LogP contribution in [0, 0.1) is 5.92 Å². The third-order valence-electron chi connectivity index (χ3n) is 6.71. The molecule has 0 spiro atoms. The van der Waals surface area contributed by atoms with Gasteiger partial charge >= 0.3 is 0 Å². The molecule has 0 aromatic heterocycles. The zero-order chi connectivity index (χ0) is 21.3. The topological polar surface area (TPSA) is 54.3 Å². The number of rotatable bonds is 8. The van der Waals surface area contributed by atoms with Crippen LogP contribution in [0.5, 0.6) is 0 Å². The van der Waals surface area contributed by atoms with E-state index in [1.54, 1.807) is 0 Å². The van der Waals surface area contributed by atoms with Crippen LogP contribution in [-0.2, 0) is 6.54 Å². The van der Waals surface area contributed by atoms with E-state index in [0.29, 0.717) is 25.1 Å². The number of hydrogen-bond donors (Lipinski definition) is 2. The first-order chi connectivity index (χ1) is 14.7. The molecule has 0 radical (unpaired) electrons. The van der Waals surface area contributed by atoms with E-state index in [-0.39, 0.29) is 0 Å². The Morgan fingerprint density at radius 2 is 1.77 bits per heavy atom. The van der Waals surface area contributed by atoms with Crippen LogP contribution in [0.4, 0.5) is 5.69 Å². The molecular formula is C24H41N5O. The first-order valence-electron chi connectivity index (χ1n) is 11.9. The Morgan fingerprint density at radius 1 is 1.07 bits per heavy atom. The number of likely N-dealkylation sites (tertiary alicyclic amines) is 1. The largest absolute Gasteiger partial charge is 0.396 e. The molecule has 1 atom stereocenters. The lowest BCUT2D eigenvalue weighted by Gasteiger charge is -2.32. The summed E-state index contributed by atoms with van der Waals surface area (Å²) >= 11 is 0. The highest BCUT2D eigenvalue weighted by Crippen LogP contribution is 2.23. The maximum Gasteiger partial charge on any atom is 0.194 e. The summed E-state index contributed by atoms with van der Waals surface area (Å²) in [7, 11) is 0. The predicted octanol–water partition coefficient (Wildman–Crippen LogP) is 2.78. The second-order valence-corrected chi connectivity index (χ2v) is 8.56. The molecule has 0 bridgehead atoms. The van der Waals surface area contributed by atoms with Crippen LogP contribution >= 0.6 is 0 Å². The molecule has 1 aromatic rings. The van der Waals surface area contributed by atoms with Gasteiger partial charge in [-0.3, -0.25) is 4.90 Å². The van der Waals surface area contributed by atoms with E-state index in [0.717, 1.165) is 64.6 Å². The maximum atomic E-state index is 9.33. The molecule has 0 amide bonds.